The van der Waals surface area contributed by atoms with E-state index in [0.29, 0.717) is 12.1 Å². The van der Waals surface area contributed by atoms with E-state index in [0.717, 1.165) is 24.3 Å². The molecule has 2 N–H and O–H groups in total. The van der Waals surface area contributed by atoms with Crippen molar-refractivity contribution in [3.63, 3.8) is 0 Å². The highest BCUT2D eigenvalue weighted by Gasteiger charge is 2.12. The van der Waals surface area contributed by atoms with Crippen molar-refractivity contribution in [1.82, 2.24) is 4.98 Å². The van der Waals surface area contributed by atoms with Crippen LogP contribution in [0.1, 0.15) is 12.1 Å². The van der Waals surface area contributed by atoms with Gasteiger partial charge in [-0.3, -0.25) is 4.98 Å². The molecule has 0 aromatic carbocycles. The molecular formula is C10H12BNO3. The van der Waals surface area contributed by atoms with Gasteiger partial charge in [0.15, 0.2) is 0 Å². The molecule has 1 aliphatic heterocycles. The molecule has 15 heavy (non-hydrogen) atoms. The van der Waals surface area contributed by atoms with Crippen molar-refractivity contribution in [3.8, 4) is 0 Å². The molecule has 0 fully saturated rings. The van der Waals surface area contributed by atoms with E-state index in [1.54, 1.807) is 12.1 Å². The molecule has 0 unspecified atom stereocenters. The Hall–Kier alpha value is -1.17. The molecule has 78 valence electrons. The molecule has 0 aliphatic carbocycles. The Morgan fingerprint density at radius 1 is 1.33 bits per heavy atom. The van der Waals surface area contributed by atoms with E-state index in [1.807, 2.05) is 6.08 Å². The average Bonchev–Trinajstić information content (AvgIpc) is 2.30. The van der Waals surface area contributed by atoms with Gasteiger partial charge in [0, 0.05) is 11.7 Å². The Morgan fingerprint density at radius 3 is 2.73 bits per heavy atom. The van der Waals surface area contributed by atoms with Crippen molar-refractivity contribution in [3.05, 3.63) is 30.1 Å². The Labute approximate surface area is 88.4 Å². The molecule has 0 saturated carbocycles. The van der Waals surface area contributed by atoms with Crippen LogP contribution >= 0.6 is 0 Å². The predicted octanol–water partition coefficient (Wildman–Crippen LogP) is -0.435. The molecule has 0 saturated heterocycles. The summed E-state index contributed by atoms with van der Waals surface area (Å²) in [5.41, 5.74) is 2.44. The fourth-order valence-corrected chi connectivity index (χ4v) is 1.51. The third-order valence-electron chi connectivity index (χ3n) is 2.38. The molecule has 0 amide bonds. The van der Waals surface area contributed by atoms with Crippen LogP contribution in [0, 0.1) is 0 Å². The lowest BCUT2D eigenvalue weighted by atomic mass is 9.81. The monoisotopic (exact) mass is 205 g/mol. The van der Waals surface area contributed by atoms with Gasteiger partial charge in [-0.15, -0.1) is 0 Å². The number of ether oxygens (including phenoxy) is 1. The summed E-state index contributed by atoms with van der Waals surface area (Å²) in [5.74, 6) is 0. The maximum Gasteiger partial charge on any atom is 0.490 e. The van der Waals surface area contributed by atoms with Crippen molar-refractivity contribution < 1.29 is 14.8 Å². The fourth-order valence-electron chi connectivity index (χ4n) is 1.51. The molecule has 1 aromatic heterocycles. The summed E-state index contributed by atoms with van der Waals surface area (Å²) in [6, 6.07) is 3.47. The molecule has 1 aromatic rings. The van der Waals surface area contributed by atoms with Crippen LogP contribution in [0.25, 0.3) is 5.57 Å². The molecule has 2 rings (SSSR count). The molecular weight excluding hydrogens is 193 g/mol. The number of aromatic nitrogens is 1. The Balaban J connectivity index is 2.19. The van der Waals surface area contributed by atoms with Crippen molar-refractivity contribution >= 4 is 18.2 Å². The van der Waals surface area contributed by atoms with E-state index in [-0.39, 0.29) is 0 Å². The zero-order valence-electron chi connectivity index (χ0n) is 8.26. The first-order valence-electron chi connectivity index (χ1n) is 4.86. The average molecular weight is 205 g/mol. The zero-order valence-corrected chi connectivity index (χ0v) is 8.26. The smallest absolute Gasteiger partial charge is 0.423 e. The summed E-state index contributed by atoms with van der Waals surface area (Å²) in [4.78, 5) is 4.18. The first-order chi connectivity index (χ1) is 7.27. The summed E-state index contributed by atoms with van der Waals surface area (Å²) >= 11 is 0. The van der Waals surface area contributed by atoms with E-state index >= 15 is 0 Å². The second kappa shape index (κ2) is 4.57. The van der Waals surface area contributed by atoms with Crippen LogP contribution in [0.15, 0.2) is 24.4 Å². The minimum atomic E-state index is -1.45. The van der Waals surface area contributed by atoms with Gasteiger partial charge in [-0.1, -0.05) is 12.1 Å². The Morgan fingerprint density at radius 2 is 2.20 bits per heavy atom. The van der Waals surface area contributed by atoms with Crippen molar-refractivity contribution in [1.29, 1.82) is 0 Å². The van der Waals surface area contributed by atoms with Crippen molar-refractivity contribution in [2.24, 2.45) is 0 Å². The van der Waals surface area contributed by atoms with Crippen LogP contribution in [0.3, 0.4) is 0 Å². The lowest BCUT2D eigenvalue weighted by molar-refractivity contribution is 0.161. The largest absolute Gasteiger partial charge is 0.490 e. The van der Waals surface area contributed by atoms with Crippen LogP contribution in [0.4, 0.5) is 0 Å². The van der Waals surface area contributed by atoms with Gasteiger partial charge >= 0.3 is 7.12 Å². The van der Waals surface area contributed by atoms with E-state index in [2.05, 4.69) is 4.98 Å². The first-order valence-corrected chi connectivity index (χ1v) is 4.86. The third-order valence-corrected chi connectivity index (χ3v) is 2.38. The summed E-state index contributed by atoms with van der Waals surface area (Å²) in [5, 5.41) is 17.8. The van der Waals surface area contributed by atoms with Gasteiger partial charge in [-0.25, -0.2) is 0 Å². The van der Waals surface area contributed by atoms with Gasteiger partial charge in [-0.05, 0) is 18.1 Å². The lowest BCUT2D eigenvalue weighted by Crippen LogP contribution is -2.30. The highest BCUT2D eigenvalue weighted by molar-refractivity contribution is 6.58. The summed E-state index contributed by atoms with van der Waals surface area (Å²) in [6.45, 7) is 1.35. The van der Waals surface area contributed by atoms with Gasteiger partial charge < -0.3 is 14.8 Å². The van der Waals surface area contributed by atoms with Crippen LogP contribution in [0.2, 0.25) is 0 Å². The zero-order chi connectivity index (χ0) is 10.7. The molecule has 2 heterocycles. The third kappa shape index (κ3) is 2.44. The molecule has 4 nitrogen and oxygen atoms in total. The minimum absolute atomic E-state index is 0.409. The fraction of sp³-hybridized carbons (Fsp3) is 0.300. The van der Waals surface area contributed by atoms with Crippen molar-refractivity contribution in [2.75, 3.05) is 13.2 Å². The maximum atomic E-state index is 8.91. The number of rotatable bonds is 2. The van der Waals surface area contributed by atoms with Gasteiger partial charge in [0.2, 0.25) is 0 Å². The molecule has 0 atom stereocenters. The quantitative estimate of drug-likeness (QED) is 0.642. The second-order valence-electron chi connectivity index (χ2n) is 3.40. The lowest BCUT2D eigenvalue weighted by Gasteiger charge is -2.12. The first kappa shape index (κ1) is 10.4. The predicted molar refractivity (Wildman–Crippen MR) is 57.5 cm³/mol. The summed E-state index contributed by atoms with van der Waals surface area (Å²) < 4.78 is 5.20. The summed E-state index contributed by atoms with van der Waals surface area (Å²) in [6.07, 6.45) is 4.34. The van der Waals surface area contributed by atoms with Crippen LogP contribution in [-0.4, -0.2) is 35.4 Å². The minimum Gasteiger partial charge on any atom is -0.423 e. The van der Waals surface area contributed by atoms with E-state index < -0.39 is 7.12 Å². The molecule has 0 radical (unpaired) electrons. The number of nitrogens with zero attached hydrogens (tertiary/aromatic N) is 1. The van der Waals surface area contributed by atoms with Crippen LogP contribution in [-0.2, 0) is 4.74 Å². The molecule has 1 aliphatic rings. The summed E-state index contributed by atoms with van der Waals surface area (Å²) in [7, 11) is -1.45. The van der Waals surface area contributed by atoms with Crippen LogP contribution < -0.4 is 5.46 Å². The number of hydrogen-bond donors (Lipinski definition) is 2. The van der Waals surface area contributed by atoms with E-state index in [9.17, 15) is 0 Å². The topological polar surface area (TPSA) is 62.6 Å². The SMILES string of the molecule is OB(O)c1ccc(C2=CCOCC2)nc1. The van der Waals surface area contributed by atoms with Crippen LogP contribution in [0.5, 0.6) is 0 Å². The van der Waals surface area contributed by atoms with Gasteiger partial charge in [-0.2, -0.15) is 0 Å². The van der Waals surface area contributed by atoms with E-state index in [1.165, 1.54) is 6.20 Å². The van der Waals surface area contributed by atoms with Gasteiger partial charge in [0.25, 0.3) is 0 Å². The number of pyridine rings is 1. The molecule has 0 bridgehead atoms. The Bertz CT molecular complexity index is 361. The number of hydrogen-bond acceptors (Lipinski definition) is 4. The normalized spacial score (nSPS) is 16.0. The molecule has 0 spiro atoms. The second-order valence-corrected chi connectivity index (χ2v) is 3.40. The van der Waals surface area contributed by atoms with Gasteiger partial charge in [0.05, 0.1) is 18.9 Å². The molecule has 5 heteroatoms. The van der Waals surface area contributed by atoms with Gasteiger partial charge in [0.1, 0.15) is 0 Å². The van der Waals surface area contributed by atoms with E-state index in [4.69, 9.17) is 14.8 Å². The Kier molecular flexibility index (Phi) is 3.15. The highest BCUT2D eigenvalue weighted by atomic mass is 16.5. The van der Waals surface area contributed by atoms with Crippen molar-refractivity contribution in [2.45, 2.75) is 6.42 Å². The maximum absolute atomic E-state index is 8.91. The highest BCUT2D eigenvalue weighted by Crippen LogP contribution is 2.17. The standard InChI is InChI=1S/C10H12BNO3/c13-11(14)9-1-2-10(12-7-9)8-3-5-15-6-4-8/h1-3,7,13-14H,4-6H2.